The van der Waals surface area contributed by atoms with Gasteiger partial charge in [-0.15, -0.1) is 11.3 Å². The lowest BCUT2D eigenvalue weighted by Gasteiger charge is -2.25. The van der Waals surface area contributed by atoms with E-state index < -0.39 is 23.3 Å². The molecule has 0 fully saturated rings. The lowest BCUT2D eigenvalue weighted by molar-refractivity contribution is -0.138. The van der Waals surface area contributed by atoms with Crippen molar-refractivity contribution in [2.45, 2.75) is 33.7 Å². The van der Waals surface area contributed by atoms with E-state index in [1.54, 1.807) is 30.5 Å². The Morgan fingerprint density at radius 2 is 1.96 bits per heavy atom. The molecule has 1 atom stereocenters. The fraction of sp³-hybridized carbons (Fsp3) is 0.353. The molecule has 0 unspecified atom stereocenters. The lowest BCUT2D eigenvalue weighted by Crippen LogP contribution is -2.44. The molecule has 2 rings (SSSR count). The molecule has 128 valence electrons. The minimum Gasteiger partial charge on any atom is -0.425 e. The topological polar surface area (TPSA) is 94.3 Å². The van der Waals surface area contributed by atoms with Gasteiger partial charge in [0, 0.05) is 11.1 Å². The van der Waals surface area contributed by atoms with E-state index in [0.717, 1.165) is 4.88 Å². The van der Waals surface area contributed by atoms with Crippen LogP contribution >= 0.6 is 11.3 Å². The predicted octanol–water partition coefficient (Wildman–Crippen LogP) is 2.98. The van der Waals surface area contributed by atoms with Crippen molar-refractivity contribution in [3.63, 3.8) is 0 Å². The third-order valence-electron chi connectivity index (χ3n) is 3.37. The third kappa shape index (κ3) is 4.39. The van der Waals surface area contributed by atoms with Crippen molar-refractivity contribution >= 4 is 28.3 Å². The summed E-state index contributed by atoms with van der Waals surface area (Å²) in [4.78, 5) is 29.7. The van der Waals surface area contributed by atoms with Gasteiger partial charge in [0.2, 0.25) is 0 Å². The molecule has 1 aromatic carbocycles. The Balaban J connectivity index is 2.18. The maximum atomic E-state index is 12.4. The molecule has 24 heavy (non-hydrogen) atoms. The Kier molecular flexibility index (Phi) is 5.36. The first-order chi connectivity index (χ1) is 11.2. The van der Waals surface area contributed by atoms with Crippen molar-refractivity contribution < 1.29 is 14.3 Å². The molecule has 1 aromatic heterocycles. The van der Waals surface area contributed by atoms with Gasteiger partial charge in [-0.25, -0.2) is 9.78 Å². The SMILES string of the molecule is Cc1cnc(NC(=O)c2ccccc2OC(=O)[C@@H](N)C(C)(C)C)s1. The number of hydrogen-bond acceptors (Lipinski definition) is 6. The number of benzene rings is 1. The second-order valence-corrected chi connectivity index (χ2v) is 7.73. The Hall–Kier alpha value is -2.25. The molecule has 6 nitrogen and oxygen atoms in total. The summed E-state index contributed by atoms with van der Waals surface area (Å²) in [6.45, 7) is 7.45. The Morgan fingerprint density at radius 1 is 1.29 bits per heavy atom. The molecule has 0 spiro atoms. The number of aryl methyl sites for hydroxylation is 1. The van der Waals surface area contributed by atoms with E-state index in [-0.39, 0.29) is 11.3 Å². The average molecular weight is 347 g/mol. The number of hydrogen-bond donors (Lipinski definition) is 2. The first-order valence-electron chi connectivity index (χ1n) is 7.48. The summed E-state index contributed by atoms with van der Waals surface area (Å²) in [5.41, 5.74) is 5.72. The van der Waals surface area contributed by atoms with Crippen molar-refractivity contribution in [1.29, 1.82) is 0 Å². The number of para-hydroxylation sites is 1. The predicted molar refractivity (Wildman–Crippen MR) is 94.3 cm³/mol. The number of rotatable bonds is 4. The Morgan fingerprint density at radius 3 is 2.54 bits per heavy atom. The summed E-state index contributed by atoms with van der Waals surface area (Å²) in [5.74, 6) is -0.794. The minimum atomic E-state index is -0.796. The van der Waals surface area contributed by atoms with E-state index in [1.807, 2.05) is 27.7 Å². The molecule has 7 heteroatoms. The lowest BCUT2D eigenvalue weighted by atomic mass is 9.87. The van der Waals surface area contributed by atoms with Crippen LogP contribution in [-0.4, -0.2) is 22.9 Å². The maximum Gasteiger partial charge on any atom is 0.328 e. The number of aromatic nitrogens is 1. The molecule has 1 amide bonds. The van der Waals surface area contributed by atoms with E-state index in [0.29, 0.717) is 5.13 Å². The molecule has 2 aromatic rings. The number of carbonyl (C=O) groups excluding carboxylic acids is 2. The van der Waals surface area contributed by atoms with Crippen molar-refractivity contribution in [1.82, 2.24) is 4.98 Å². The number of nitrogens with one attached hydrogen (secondary N) is 1. The number of nitrogens with zero attached hydrogens (tertiary/aromatic N) is 1. The van der Waals surface area contributed by atoms with Gasteiger partial charge in [-0.1, -0.05) is 32.9 Å². The molecule has 0 saturated heterocycles. The monoisotopic (exact) mass is 347 g/mol. The number of nitrogens with two attached hydrogens (primary N) is 1. The van der Waals surface area contributed by atoms with Crippen LogP contribution in [0.15, 0.2) is 30.5 Å². The molecule has 0 bridgehead atoms. The fourth-order valence-electron chi connectivity index (χ4n) is 1.85. The van der Waals surface area contributed by atoms with Gasteiger partial charge in [-0.05, 0) is 24.5 Å². The fourth-order valence-corrected chi connectivity index (χ4v) is 2.51. The van der Waals surface area contributed by atoms with Crippen LogP contribution in [0, 0.1) is 12.3 Å². The number of amides is 1. The van der Waals surface area contributed by atoms with E-state index in [4.69, 9.17) is 10.5 Å². The largest absolute Gasteiger partial charge is 0.425 e. The van der Waals surface area contributed by atoms with Crippen LogP contribution in [0.2, 0.25) is 0 Å². The van der Waals surface area contributed by atoms with Crippen LogP contribution in [0.1, 0.15) is 36.0 Å². The molecule has 3 N–H and O–H groups in total. The Bertz CT molecular complexity index is 750. The van der Waals surface area contributed by atoms with Gasteiger partial charge in [0.1, 0.15) is 11.8 Å². The number of ether oxygens (including phenoxy) is 1. The zero-order valence-corrected chi connectivity index (χ0v) is 14.9. The summed E-state index contributed by atoms with van der Waals surface area (Å²) < 4.78 is 5.36. The number of esters is 1. The van der Waals surface area contributed by atoms with Crippen LogP contribution in [0.3, 0.4) is 0 Å². The van der Waals surface area contributed by atoms with E-state index >= 15 is 0 Å². The maximum absolute atomic E-state index is 12.4. The second kappa shape index (κ2) is 7.11. The highest BCUT2D eigenvalue weighted by atomic mass is 32.1. The van der Waals surface area contributed by atoms with Crippen molar-refractivity contribution in [3.8, 4) is 5.75 Å². The number of thiazole rings is 1. The summed E-state index contributed by atoms with van der Waals surface area (Å²) in [7, 11) is 0. The van der Waals surface area contributed by atoms with Gasteiger partial charge in [0.05, 0.1) is 5.56 Å². The molecular weight excluding hydrogens is 326 g/mol. The second-order valence-electron chi connectivity index (χ2n) is 6.49. The first kappa shape index (κ1) is 18.1. The highest BCUT2D eigenvalue weighted by Crippen LogP contribution is 2.24. The minimum absolute atomic E-state index is 0.174. The van der Waals surface area contributed by atoms with Gasteiger partial charge >= 0.3 is 5.97 Å². The first-order valence-corrected chi connectivity index (χ1v) is 8.30. The average Bonchev–Trinajstić information content (AvgIpc) is 2.91. The Labute approximate surface area is 145 Å². The summed E-state index contributed by atoms with van der Waals surface area (Å²) >= 11 is 1.37. The highest BCUT2D eigenvalue weighted by Gasteiger charge is 2.30. The van der Waals surface area contributed by atoms with Gasteiger partial charge in [-0.2, -0.15) is 0 Å². The molecule has 0 aliphatic carbocycles. The smallest absolute Gasteiger partial charge is 0.328 e. The molecule has 0 saturated carbocycles. The van der Waals surface area contributed by atoms with E-state index in [2.05, 4.69) is 10.3 Å². The van der Waals surface area contributed by atoms with Gasteiger partial charge in [0.15, 0.2) is 5.13 Å². The molecule has 0 aliphatic rings. The van der Waals surface area contributed by atoms with Gasteiger partial charge in [0.25, 0.3) is 5.91 Å². The standard InChI is InChI=1S/C17H21N3O3S/c1-10-9-19-16(24-10)20-14(21)11-7-5-6-8-12(11)23-15(22)13(18)17(2,3)4/h5-9,13H,18H2,1-4H3,(H,19,20,21)/t13-/m1/s1. The number of anilines is 1. The normalized spacial score (nSPS) is 12.5. The highest BCUT2D eigenvalue weighted by molar-refractivity contribution is 7.15. The zero-order chi connectivity index (χ0) is 17.9. The molecule has 0 radical (unpaired) electrons. The third-order valence-corrected chi connectivity index (χ3v) is 4.20. The summed E-state index contributed by atoms with van der Waals surface area (Å²) in [6.07, 6.45) is 1.68. The molecule has 1 heterocycles. The van der Waals surface area contributed by atoms with Crippen LogP contribution in [-0.2, 0) is 4.79 Å². The summed E-state index contributed by atoms with van der Waals surface area (Å²) in [5, 5.41) is 3.19. The van der Waals surface area contributed by atoms with Crippen molar-refractivity contribution in [2.75, 3.05) is 5.32 Å². The molecular formula is C17H21N3O3S. The van der Waals surface area contributed by atoms with Gasteiger partial charge < -0.3 is 10.5 Å². The van der Waals surface area contributed by atoms with Crippen LogP contribution < -0.4 is 15.8 Å². The van der Waals surface area contributed by atoms with Crippen LogP contribution in [0.25, 0.3) is 0 Å². The van der Waals surface area contributed by atoms with Crippen molar-refractivity contribution in [2.24, 2.45) is 11.1 Å². The summed E-state index contributed by atoms with van der Waals surface area (Å²) in [6, 6.07) is 5.74. The van der Waals surface area contributed by atoms with Crippen molar-refractivity contribution in [3.05, 3.63) is 40.9 Å². The van der Waals surface area contributed by atoms with E-state index in [9.17, 15) is 9.59 Å². The number of carbonyl (C=O) groups is 2. The van der Waals surface area contributed by atoms with E-state index in [1.165, 1.54) is 11.3 Å². The van der Waals surface area contributed by atoms with Crippen LogP contribution in [0.4, 0.5) is 5.13 Å². The molecule has 0 aliphatic heterocycles. The zero-order valence-electron chi connectivity index (χ0n) is 14.1. The quantitative estimate of drug-likeness (QED) is 0.655. The van der Waals surface area contributed by atoms with Gasteiger partial charge in [-0.3, -0.25) is 10.1 Å². The van der Waals surface area contributed by atoms with Crippen LogP contribution in [0.5, 0.6) is 5.75 Å².